The molecule has 8 nitrogen and oxygen atoms in total. The quantitative estimate of drug-likeness (QED) is 0.527. The van der Waals surface area contributed by atoms with Crippen molar-refractivity contribution in [2.75, 3.05) is 19.6 Å². The van der Waals surface area contributed by atoms with Crippen LogP contribution in [0.5, 0.6) is 0 Å². The van der Waals surface area contributed by atoms with Gasteiger partial charge >= 0.3 is 0 Å². The minimum atomic E-state index is -0.619. The van der Waals surface area contributed by atoms with Crippen molar-refractivity contribution < 1.29 is 13.7 Å². The lowest BCUT2D eigenvalue weighted by molar-refractivity contribution is 0.0461. The van der Waals surface area contributed by atoms with Crippen LogP contribution in [0.3, 0.4) is 0 Å². The Balaban J connectivity index is 1.55. The van der Waals surface area contributed by atoms with Crippen molar-refractivity contribution in [2.45, 2.75) is 45.7 Å². The van der Waals surface area contributed by atoms with E-state index in [2.05, 4.69) is 33.9 Å². The molecule has 0 saturated carbocycles. The largest absolute Gasteiger partial charge is 0.337 e. The van der Waals surface area contributed by atoms with Crippen LogP contribution in [0.2, 0.25) is 5.02 Å². The van der Waals surface area contributed by atoms with E-state index < -0.39 is 5.82 Å². The summed E-state index contributed by atoms with van der Waals surface area (Å²) in [5.74, 6) is 0.0205. The molecule has 0 spiro atoms. The molecule has 0 bridgehead atoms. The molecule has 0 N–H and O–H groups in total. The van der Waals surface area contributed by atoms with Crippen LogP contribution < -0.4 is 0 Å². The van der Waals surface area contributed by atoms with E-state index in [1.54, 1.807) is 21.9 Å². The van der Waals surface area contributed by atoms with E-state index in [1.165, 1.54) is 6.07 Å². The molecule has 1 fully saturated rings. The van der Waals surface area contributed by atoms with Gasteiger partial charge in [-0.1, -0.05) is 30.6 Å². The average molecular weight is 459 g/mol. The molecule has 10 heteroatoms. The highest BCUT2D eigenvalue weighted by Crippen LogP contribution is 2.44. The van der Waals surface area contributed by atoms with Gasteiger partial charge in [0.15, 0.2) is 0 Å². The molecule has 1 aromatic carbocycles. The van der Waals surface area contributed by atoms with Crippen LogP contribution in [0.15, 0.2) is 23.0 Å². The number of carbonyl (C=O) groups excluding carboxylic acids is 1. The Kier molecular flexibility index (Phi) is 5.46. The number of carbonyl (C=O) groups is 1. The summed E-state index contributed by atoms with van der Waals surface area (Å²) in [5.41, 5.74) is 2.01. The Hall–Kier alpha value is -2.78. The van der Waals surface area contributed by atoms with Crippen LogP contribution in [0.1, 0.15) is 61.1 Å². The molecule has 168 valence electrons. The number of amides is 1. The predicted octanol–water partition coefficient (Wildman–Crippen LogP) is 4.24. The molecule has 5 rings (SSSR count). The topological polar surface area (TPSA) is 80.3 Å². The van der Waals surface area contributed by atoms with Crippen molar-refractivity contribution in [3.8, 4) is 17.2 Å². The number of hydrogen-bond donors (Lipinski definition) is 0. The zero-order valence-electron chi connectivity index (χ0n) is 18.0. The van der Waals surface area contributed by atoms with Gasteiger partial charge in [-0.15, -0.1) is 0 Å². The summed E-state index contributed by atoms with van der Waals surface area (Å²) in [6, 6.07) is 2.62. The minimum absolute atomic E-state index is 0.155. The summed E-state index contributed by atoms with van der Waals surface area (Å²) in [5, 5.41) is 4.01. The Morgan fingerprint density at radius 3 is 2.75 bits per heavy atom. The molecule has 32 heavy (non-hydrogen) atoms. The lowest BCUT2D eigenvalue weighted by Crippen LogP contribution is -2.44. The van der Waals surface area contributed by atoms with Gasteiger partial charge in [0.25, 0.3) is 5.91 Å². The molecule has 0 radical (unpaired) electrons. The van der Waals surface area contributed by atoms with E-state index in [4.69, 9.17) is 16.1 Å². The average Bonchev–Trinajstić information content (AvgIpc) is 3.35. The highest BCUT2D eigenvalue weighted by molar-refractivity contribution is 6.34. The van der Waals surface area contributed by atoms with Gasteiger partial charge in [-0.2, -0.15) is 4.98 Å². The molecule has 3 aromatic rings. The highest BCUT2D eigenvalue weighted by Gasteiger charge is 2.43. The first-order valence-electron chi connectivity index (χ1n) is 10.9. The summed E-state index contributed by atoms with van der Waals surface area (Å²) in [7, 11) is 0. The summed E-state index contributed by atoms with van der Waals surface area (Å²) < 4.78 is 21.5. The van der Waals surface area contributed by atoms with Crippen molar-refractivity contribution >= 4 is 17.5 Å². The molecule has 1 atom stereocenters. The second-order valence-corrected chi connectivity index (χ2v) is 8.57. The first-order valence-corrected chi connectivity index (χ1v) is 11.3. The fourth-order valence-electron chi connectivity index (χ4n) is 4.55. The second kappa shape index (κ2) is 8.29. The summed E-state index contributed by atoms with van der Waals surface area (Å²) in [6.45, 7) is 7.35. The molecule has 2 aliphatic rings. The number of rotatable bonds is 7. The molecule has 2 aromatic heterocycles. The van der Waals surface area contributed by atoms with Gasteiger partial charge < -0.3 is 9.42 Å². The van der Waals surface area contributed by atoms with Crippen LogP contribution in [0, 0.1) is 5.82 Å². The van der Waals surface area contributed by atoms with E-state index in [-0.39, 0.29) is 22.5 Å². The lowest BCUT2D eigenvalue weighted by atomic mass is 9.97. The SMILES string of the molecule is CCCN(CCC)Cc1nc(-c2ncn3c2[C@@H]2CCN2C(=O)c2c-3ccc(F)c2Cl)no1. The van der Waals surface area contributed by atoms with Crippen LogP contribution in [0.25, 0.3) is 17.2 Å². The van der Waals surface area contributed by atoms with Gasteiger partial charge in [-0.25, -0.2) is 9.37 Å². The van der Waals surface area contributed by atoms with Crippen molar-refractivity contribution in [2.24, 2.45) is 0 Å². The number of fused-ring (bicyclic) bond motifs is 5. The van der Waals surface area contributed by atoms with E-state index in [0.717, 1.165) is 38.0 Å². The molecule has 1 saturated heterocycles. The van der Waals surface area contributed by atoms with Gasteiger partial charge in [0.2, 0.25) is 11.7 Å². The standard InChI is InChI=1S/C22H24ClFN6O2/c1-3-8-28(9-4-2)11-16-26-21(27-32-16)19-20-15-7-10-29(15)22(31)17-14(30(20)12-25-19)6-5-13(24)18(17)23/h5-6,12,15H,3-4,7-11H2,1-2H3/t15-/m0/s1. The fourth-order valence-corrected chi connectivity index (χ4v) is 4.79. The minimum Gasteiger partial charge on any atom is -0.337 e. The van der Waals surface area contributed by atoms with Crippen LogP contribution in [-0.4, -0.2) is 55.0 Å². The van der Waals surface area contributed by atoms with Crippen molar-refractivity contribution in [1.29, 1.82) is 0 Å². The van der Waals surface area contributed by atoms with E-state index in [9.17, 15) is 9.18 Å². The number of aromatic nitrogens is 4. The third kappa shape index (κ3) is 3.31. The molecule has 4 heterocycles. The Morgan fingerprint density at radius 2 is 2.06 bits per heavy atom. The maximum absolute atomic E-state index is 14.2. The lowest BCUT2D eigenvalue weighted by Gasteiger charge is -2.39. The zero-order chi connectivity index (χ0) is 22.4. The fraction of sp³-hybridized carbons (Fsp3) is 0.455. The predicted molar refractivity (Wildman–Crippen MR) is 116 cm³/mol. The van der Waals surface area contributed by atoms with Gasteiger partial charge in [-0.05, 0) is 44.5 Å². The van der Waals surface area contributed by atoms with Crippen LogP contribution >= 0.6 is 11.6 Å². The number of nitrogens with zero attached hydrogens (tertiary/aromatic N) is 6. The summed E-state index contributed by atoms with van der Waals surface area (Å²) in [6.07, 6.45) is 4.47. The van der Waals surface area contributed by atoms with Gasteiger partial charge in [0.05, 0.1) is 34.6 Å². The normalized spacial score (nSPS) is 17.1. The third-order valence-corrected chi connectivity index (χ3v) is 6.43. The Bertz CT molecular complexity index is 1170. The first kappa shape index (κ1) is 21.1. The molecule has 0 unspecified atom stereocenters. The van der Waals surface area contributed by atoms with Crippen LogP contribution in [-0.2, 0) is 6.54 Å². The van der Waals surface area contributed by atoms with Gasteiger partial charge in [0.1, 0.15) is 17.8 Å². The van der Waals surface area contributed by atoms with Gasteiger partial charge in [0, 0.05) is 6.54 Å². The van der Waals surface area contributed by atoms with E-state index >= 15 is 0 Å². The molecule has 0 aliphatic carbocycles. The van der Waals surface area contributed by atoms with Gasteiger partial charge in [-0.3, -0.25) is 14.3 Å². The smallest absolute Gasteiger partial charge is 0.258 e. The molecular formula is C22H24ClFN6O2. The van der Waals surface area contributed by atoms with E-state index in [0.29, 0.717) is 36.2 Å². The Labute approximate surface area is 190 Å². The number of hydrogen-bond acceptors (Lipinski definition) is 6. The second-order valence-electron chi connectivity index (χ2n) is 8.19. The van der Waals surface area contributed by atoms with E-state index in [1.807, 2.05) is 0 Å². The molecule has 1 amide bonds. The third-order valence-electron chi connectivity index (χ3n) is 6.07. The highest BCUT2D eigenvalue weighted by atomic mass is 35.5. The number of halogens is 2. The number of imidazole rings is 1. The van der Waals surface area contributed by atoms with Crippen molar-refractivity contribution in [3.05, 3.63) is 46.4 Å². The maximum Gasteiger partial charge on any atom is 0.258 e. The summed E-state index contributed by atoms with van der Waals surface area (Å²) in [4.78, 5) is 26.3. The van der Waals surface area contributed by atoms with Crippen LogP contribution in [0.4, 0.5) is 4.39 Å². The monoisotopic (exact) mass is 458 g/mol. The number of benzene rings is 1. The van der Waals surface area contributed by atoms with Crippen molar-refractivity contribution in [1.82, 2.24) is 29.5 Å². The Morgan fingerprint density at radius 1 is 1.28 bits per heavy atom. The zero-order valence-corrected chi connectivity index (χ0v) is 18.8. The summed E-state index contributed by atoms with van der Waals surface area (Å²) >= 11 is 6.21. The molecular weight excluding hydrogens is 435 g/mol. The first-order chi connectivity index (χ1) is 15.5. The molecule has 2 aliphatic heterocycles. The van der Waals surface area contributed by atoms with Crippen molar-refractivity contribution in [3.63, 3.8) is 0 Å². The maximum atomic E-state index is 14.2.